The van der Waals surface area contributed by atoms with Gasteiger partial charge in [-0.25, -0.2) is 0 Å². The maximum absolute atomic E-state index is 9.43. The van der Waals surface area contributed by atoms with Crippen molar-refractivity contribution in [2.45, 2.75) is 6.42 Å². The predicted octanol–water partition coefficient (Wildman–Crippen LogP) is 1.87. The highest BCUT2D eigenvalue weighted by atomic mass is 79.9. The lowest BCUT2D eigenvalue weighted by Gasteiger charge is -1.93. The first-order valence-corrected chi connectivity index (χ1v) is 5.17. The SMILES string of the molecule is BrCCCBr.CN(C)C=O. The van der Waals surface area contributed by atoms with Crippen molar-refractivity contribution >= 4 is 38.3 Å². The molecule has 0 N–H and O–H groups in total. The highest BCUT2D eigenvalue weighted by molar-refractivity contribution is 9.09. The number of carbonyl (C=O) groups excluding carboxylic acids is 1. The molecule has 0 aromatic rings. The Morgan fingerprint density at radius 2 is 1.60 bits per heavy atom. The molecule has 0 aliphatic heterocycles. The molecule has 0 heterocycles. The third-order valence-corrected chi connectivity index (χ3v) is 1.60. The second kappa shape index (κ2) is 12.1. The van der Waals surface area contributed by atoms with Crippen LogP contribution in [0.25, 0.3) is 0 Å². The second-order valence-electron chi connectivity index (χ2n) is 1.80. The molecule has 62 valence electrons. The predicted molar refractivity (Wildman–Crippen MR) is 52.0 cm³/mol. The molecule has 0 saturated carbocycles. The van der Waals surface area contributed by atoms with Gasteiger partial charge >= 0.3 is 0 Å². The van der Waals surface area contributed by atoms with Crippen LogP contribution in [0.4, 0.5) is 0 Å². The lowest BCUT2D eigenvalue weighted by molar-refractivity contribution is -0.115. The summed E-state index contributed by atoms with van der Waals surface area (Å²) in [6.07, 6.45) is 1.97. The molecule has 0 aromatic heterocycles. The molecular formula is C6H13Br2NO. The van der Waals surface area contributed by atoms with Crippen LogP contribution in [0.15, 0.2) is 0 Å². The van der Waals surface area contributed by atoms with Crippen molar-refractivity contribution < 1.29 is 4.79 Å². The Balaban J connectivity index is 0. The summed E-state index contributed by atoms with van der Waals surface area (Å²) < 4.78 is 0. The van der Waals surface area contributed by atoms with Crippen LogP contribution >= 0.6 is 31.9 Å². The molecule has 0 aliphatic rings. The van der Waals surface area contributed by atoms with Crippen molar-refractivity contribution in [3.63, 3.8) is 0 Å². The summed E-state index contributed by atoms with van der Waals surface area (Å²) in [6, 6.07) is 0. The van der Waals surface area contributed by atoms with Gasteiger partial charge in [-0.2, -0.15) is 0 Å². The van der Waals surface area contributed by atoms with Crippen molar-refractivity contribution in [3.05, 3.63) is 0 Å². The molecule has 2 nitrogen and oxygen atoms in total. The minimum Gasteiger partial charge on any atom is -0.351 e. The van der Waals surface area contributed by atoms with Gasteiger partial charge in [0.1, 0.15) is 0 Å². The average molecular weight is 275 g/mol. The summed E-state index contributed by atoms with van der Waals surface area (Å²) in [4.78, 5) is 10.9. The molecule has 1 amide bonds. The smallest absolute Gasteiger partial charge is 0.209 e. The summed E-state index contributed by atoms with van der Waals surface area (Å²) in [5, 5.41) is 2.22. The molecule has 0 fully saturated rings. The van der Waals surface area contributed by atoms with Gasteiger partial charge in [0.05, 0.1) is 0 Å². The monoisotopic (exact) mass is 273 g/mol. The summed E-state index contributed by atoms with van der Waals surface area (Å²) >= 11 is 6.56. The van der Waals surface area contributed by atoms with Gasteiger partial charge in [-0.05, 0) is 6.42 Å². The molecule has 0 atom stereocenters. The van der Waals surface area contributed by atoms with Crippen molar-refractivity contribution in [3.8, 4) is 0 Å². The quantitative estimate of drug-likeness (QED) is 0.568. The van der Waals surface area contributed by atoms with Gasteiger partial charge in [0.15, 0.2) is 0 Å². The van der Waals surface area contributed by atoms with E-state index in [9.17, 15) is 4.79 Å². The average Bonchev–Trinajstić information content (AvgIpc) is 1.91. The largest absolute Gasteiger partial charge is 0.351 e. The van der Waals surface area contributed by atoms with Gasteiger partial charge < -0.3 is 4.90 Å². The van der Waals surface area contributed by atoms with Crippen molar-refractivity contribution in [2.24, 2.45) is 0 Å². The molecular weight excluding hydrogens is 262 g/mol. The van der Waals surface area contributed by atoms with E-state index in [0.717, 1.165) is 17.1 Å². The fraction of sp³-hybridized carbons (Fsp3) is 0.833. The van der Waals surface area contributed by atoms with Crippen LogP contribution in [0.5, 0.6) is 0 Å². The van der Waals surface area contributed by atoms with E-state index in [1.807, 2.05) is 0 Å². The number of carbonyl (C=O) groups is 1. The Hall–Kier alpha value is 0.430. The zero-order valence-corrected chi connectivity index (χ0v) is 9.48. The maximum atomic E-state index is 9.43. The Labute approximate surface area is 79.2 Å². The van der Waals surface area contributed by atoms with E-state index in [4.69, 9.17) is 0 Å². The number of nitrogens with zero attached hydrogens (tertiary/aromatic N) is 1. The summed E-state index contributed by atoms with van der Waals surface area (Å²) in [7, 11) is 3.38. The van der Waals surface area contributed by atoms with Gasteiger partial charge in [-0.1, -0.05) is 31.9 Å². The summed E-state index contributed by atoms with van der Waals surface area (Å²) in [5.74, 6) is 0. The van der Waals surface area contributed by atoms with E-state index in [2.05, 4.69) is 31.9 Å². The first-order chi connectivity index (χ1) is 4.68. The van der Waals surface area contributed by atoms with E-state index in [-0.39, 0.29) is 0 Å². The zero-order chi connectivity index (χ0) is 8.41. The lowest BCUT2D eigenvalue weighted by Crippen LogP contribution is -2.06. The highest BCUT2D eigenvalue weighted by Crippen LogP contribution is 1.90. The Morgan fingerprint density at radius 1 is 1.30 bits per heavy atom. The van der Waals surface area contributed by atoms with Crippen LogP contribution in [-0.4, -0.2) is 36.1 Å². The van der Waals surface area contributed by atoms with E-state index in [0.29, 0.717) is 0 Å². The van der Waals surface area contributed by atoms with Crippen LogP contribution in [-0.2, 0) is 4.79 Å². The number of hydrogen-bond acceptors (Lipinski definition) is 1. The van der Waals surface area contributed by atoms with E-state index < -0.39 is 0 Å². The highest BCUT2D eigenvalue weighted by Gasteiger charge is 1.71. The van der Waals surface area contributed by atoms with Gasteiger partial charge in [-0.3, -0.25) is 4.79 Å². The Bertz CT molecular complexity index is 66.8. The van der Waals surface area contributed by atoms with E-state index in [1.165, 1.54) is 11.3 Å². The molecule has 10 heavy (non-hydrogen) atoms. The van der Waals surface area contributed by atoms with Gasteiger partial charge in [0.25, 0.3) is 0 Å². The molecule has 0 saturated heterocycles. The van der Waals surface area contributed by atoms with E-state index >= 15 is 0 Å². The molecule has 0 unspecified atom stereocenters. The van der Waals surface area contributed by atoms with Crippen molar-refractivity contribution in [1.82, 2.24) is 4.90 Å². The van der Waals surface area contributed by atoms with E-state index in [1.54, 1.807) is 14.1 Å². The van der Waals surface area contributed by atoms with Crippen molar-refractivity contribution in [2.75, 3.05) is 24.8 Å². The molecule has 0 bridgehead atoms. The number of halogens is 2. The molecule has 0 aromatic carbocycles. The third-order valence-electron chi connectivity index (χ3n) is 0.478. The van der Waals surface area contributed by atoms with Crippen LogP contribution in [0, 0.1) is 0 Å². The number of hydrogen-bond donors (Lipinski definition) is 0. The fourth-order valence-electron chi connectivity index (χ4n) is 0.0505. The first-order valence-electron chi connectivity index (χ1n) is 2.92. The van der Waals surface area contributed by atoms with Crippen LogP contribution in [0.1, 0.15) is 6.42 Å². The summed E-state index contributed by atoms with van der Waals surface area (Å²) in [5.41, 5.74) is 0. The van der Waals surface area contributed by atoms with Crippen LogP contribution in [0.3, 0.4) is 0 Å². The van der Waals surface area contributed by atoms with Crippen LogP contribution in [0.2, 0.25) is 0 Å². The normalized spacial score (nSPS) is 7.60. The topological polar surface area (TPSA) is 20.3 Å². The zero-order valence-electron chi connectivity index (χ0n) is 6.31. The van der Waals surface area contributed by atoms with Crippen LogP contribution < -0.4 is 0 Å². The van der Waals surface area contributed by atoms with Crippen molar-refractivity contribution in [1.29, 1.82) is 0 Å². The Morgan fingerprint density at radius 3 is 1.60 bits per heavy atom. The first kappa shape index (κ1) is 13.1. The molecule has 0 rings (SSSR count). The maximum Gasteiger partial charge on any atom is 0.209 e. The fourth-order valence-corrected chi connectivity index (χ4v) is 1.36. The second-order valence-corrected chi connectivity index (χ2v) is 3.39. The molecule has 0 radical (unpaired) electrons. The standard InChI is InChI=1S/C3H6Br2.C3H7NO/c4-2-1-3-5;1-4(2)3-5/h1-3H2;3H,1-2H3. The summed E-state index contributed by atoms with van der Waals surface area (Å²) in [6.45, 7) is 0. The molecule has 4 heteroatoms. The lowest BCUT2D eigenvalue weighted by atomic mass is 10.6. The molecule has 0 aliphatic carbocycles. The van der Waals surface area contributed by atoms with Gasteiger partial charge in [-0.15, -0.1) is 0 Å². The minimum absolute atomic E-state index is 0.750. The van der Waals surface area contributed by atoms with Gasteiger partial charge in [0, 0.05) is 24.8 Å². The number of rotatable bonds is 3. The number of alkyl halides is 2. The van der Waals surface area contributed by atoms with Gasteiger partial charge in [0.2, 0.25) is 6.41 Å². The minimum atomic E-state index is 0.750. The molecule has 0 spiro atoms. The Kier molecular flexibility index (Phi) is 15.8. The third kappa shape index (κ3) is 23.7. The number of amides is 1.